The summed E-state index contributed by atoms with van der Waals surface area (Å²) < 4.78 is 52.8. The van der Waals surface area contributed by atoms with E-state index >= 15 is 0 Å². The molecule has 0 unspecified atom stereocenters. The number of benzene rings is 1. The number of carbonyl (C=O) groups is 1. The average molecular weight is 370 g/mol. The van der Waals surface area contributed by atoms with Crippen LogP contribution in [0.4, 0.5) is 17.6 Å². The summed E-state index contributed by atoms with van der Waals surface area (Å²) in [4.78, 5) is 15.3. The number of primary amides is 1. The molecule has 0 saturated carbocycles. The monoisotopic (exact) mass is 370 g/mol. The lowest BCUT2D eigenvalue weighted by molar-refractivity contribution is -0.141. The second kappa shape index (κ2) is 7.06. The molecule has 1 amide bonds. The zero-order valence-corrected chi connectivity index (χ0v) is 13.8. The molecule has 0 fully saturated rings. The minimum Gasteiger partial charge on any atom is -0.368 e. The summed E-state index contributed by atoms with van der Waals surface area (Å²) in [5.74, 6) is -0.578. The fraction of sp³-hybridized carbons (Fsp3) is 0.412. The maximum atomic E-state index is 13.0. The standard InChI is InChI=1S/C17H18F4N4O/c18-12-4-2-11(3-5-12)15(16(22)26)23-7-10-1-6-14-24-13(17(19,20)21)9-25(14)8-10/h2-5,9-10,15,23H,1,6-8H2,(H2,22,26)/t10-,15-/m0/s1. The minimum atomic E-state index is -4.46. The average Bonchev–Trinajstić information content (AvgIpc) is 3.00. The van der Waals surface area contributed by atoms with E-state index in [0.29, 0.717) is 37.3 Å². The van der Waals surface area contributed by atoms with Gasteiger partial charge in [-0.25, -0.2) is 9.37 Å². The van der Waals surface area contributed by atoms with Crippen LogP contribution in [0.25, 0.3) is 0 Å². The highest BCUT2D eigenvalue weighted by atomic mass is 19.4. The van der Waals surface area contributed by atoms with Crippen LogP contribution in [0.1, 0.15) is 29.5 Å². The van der Waals surface area contributed by atoms with Crippen LogP contribution in [0.5, 0.6) is 0 Å². The van der Waals surface area contributed by atoms with Crippen LogP contribution in [0, 0.1) is 11.7 Å². The topological polar surface area (TPSA) is 72.9 Å². The molecule has 3 rings (SSSR count). The number of carbonyl (C=O) groups excluding carboxylic acids is 1. The Labute approximate surface area is 147 Å². The molecule has 0 bridgehead atoms. The van der Waals surface area contributed by atoms with E-state index in [1.165, 1.54) is 28.8 Å². The van der Waals surface area contributed by atoms with Gasteiger partial charge in [-0.1, -0.05) is 12.1 Å². The Hall–Kier alpha value is -2.42. The zero-order chi connectivity index (χ0) is 18.9. The quantitative estimate of drug-likeness (QED) is 0.794. The van der Waals surface area contributed by atoms with E-state index in [4.69, 9.17) is 5.73 Å². The molecule has 0 aliphatic carbocycles. The van der Waals surface area contributed by atoms with Crippen molar-refractivity contribution >= 4 is 5.91 Å². The van der Waals surface area contributed by atoms with E-state index in [-0.39, 0.29) is 5.92 Å². The predicted octanol–water partition coefficient (Wildman–Crippen LogP) is 2.42. The van der Waals surface area contributed by atoms with E-state index in [9.17, 15) is 22.4 Å². The van der Waals surface area contributed by atoms with E-state index in [1.54, 1.807) is 0 Å². The van der Waals surface area contributed by atoms with Crippen molar-refractivity contribution in [1.82, 2.24) is 14.9 Å². The van der Waals surface area contributed by atoms with E-state index < -0.39 is 29.6 Å². The van der Waals surface area contributed by atoms with Crippen molar-refractivity contribution in [1.29, 1.82) is 0 Å². The summed E-state index contributed by atoms with van der Waals surface area (Å²) in [5, 5.41) is 3.04. The van der Waals surface area contributed by atoms with Crippen molar-refractivity contribution < 1.29 is 22.4 Å². The molecule has 1 aromatic carbocycles. The van der Waals surface area contributed by atoms with Gasteiger partial charge in [-0.15, -0.1) is 0 Å². The number of halogens is 4. The first kappa shape index (κ1) is 18.4. The number of hydrogen-bond donors (Lipinski definition) is 2. The number of alkyl halides is 3. The maximum Gasteiger partial charge on any atom is 0.434 e. The molecule has 0 spiro atoms. The highest BCUT2D eigenvalue weighted by Gasteiger charge is 2.35. The summed E-state index contributed by atoms with van der Waals surface area (Å²) in [5.41, 5.74) is 5.07. The molecule has 2 heterocycles. The highest BCUT2D eigenvalue weighted by molar-refractivity contribution is 5.81. The Morgan fingerprint density at radius 3 is 2.65 bits per heavy atom. The number of aromatic nitrogens is 2. The number of aryl methyl sites for hydroxylation is 1. The van der Waals surface area contributed by atoms with Crippen molar-refractivity contribution in [2.75, 3.05) is 6.54 Å². The third-order valence-electron chi connectivity index (χ3n) is 4.48. The van der Waals surface area contributed by atoms with E-state index in [0.717, 1.165) is 6.20 Å². The molecule has 1 aromatic heterocycles. The Morgan fingerprint density at radius 1 is 1.35 bits per heavy atom. The van der Waals surface area contributed by atoms with Gasteiger partial charge in [0.05, 0.1) is 0 Å². The summed E-state index contributed by atoms with van der Waals surface area (Å²) in [6.07, 6.45) is -2.36. The Kier molecular flexibility index (Phi) is 4.99. The van der Waals surface area contributed by atoms with E-state index in [1.807, 2.05) is 0 Å². The van der Waals surface area contributed by atoms with Gasteiger partial charge in [0, 0.05) is 25.7 Å². The molecule has 0 saturated heterocycles. The molecule has 2 atom stereocenters. The summed E-state index contributed by atoms with van der Waals surface area (Å²) in [6, 6.07) is 4.64. The minimum absolute atomic E-state index is 0.0279. The molecule has 140 valence electrons. The lowest BCUT2D eigenvalue weighted by Crippen LogP contribution is -2.38. The van der Waals surface area contributed by atoms with Crippen molar-refractivity contribution in [3.05, 3.63) is 53.4 Å². The van der Waals surface area contributed by atoms with Crippen LogP contribution in [0.3, 0.4) is 0 Å². The summed E-state index contributed by atoms with van der Waals surface area (Å²) in [7, 11) is 0. The fourth-order valence-electron chi connectivity index (χ4n) is 3.14. The van der Waals surface area contributed by atoms with Gasteiger partial charge < -0.3 is 15.6 Å². The number of nitrogens with one attached hydrogen (secondary N) is 1. The van der Waals surface area contributed by atoms with Gasteiger partial charge in [-0.2, -0.15) is 13.2 Å². The van der Waals surface area contributed by atoms with Crippen molar-refractivity contribution in [2.24, 2.45) is 11.7 Å². The number of amides is 1. The molecular formula is C17H18F4N4O. The number of hydrogen-bond acceptors (Lipinski definition) is 3. The van der Waals surface area contributed by atoms with Crippen molar-refractivity contribution in [3.63, 3.8) is 0 Å². The molecule has 26 heavy (non-hydrogen) atoms. The summed E-state index contributed by atoms with van der Waals surface area (Å²) in [6.45, 7) is 0.768. The van der Waals surface area contributed by atoms with Gasteiger partial charge in [0.2, 0.25) is 5.91 Å². The van der Waals surface area contributed by atoms with Crippen LogP contribution in [0.15, 0.2) is 30.5 Å². The van der Waals surface area contributed by atoms with Gasteiger partial charge in [0.15, 0.2) is 5.69 Å². The van der Waals surface area contributed by atoms with Crippen molar-refractivity contribution in [3.8, 4) is 0 Å². The molecule has 2 aromatic rings. The Balaban J connectivity index is 1.65. The van der Waals surface area contributed by atoms with Gasteiger partial charge in [0.25, 0.3) is 0 Å². The summed E-state index contributed by atoms with van der Waals surface area (Å²) >= 11 is 0. The largest absolute Gasteiger partial charge is 0.434 e. The third kappa shape index (κ3) is 4.04. The highest BCUT2D eigenvalue weighted by Crippen LogP contribution is 2.30. The predicted molar refractivity (Wildman–Crippen MR) is 85.4 cm³/mol. The van der Waals surface area contributed by atoms with Gasteiger partial charge in [0.1, 0.15) is 17.7 Å². The van der Waals surface area contributed by atoms with Crippen LogP contribution in [-0.2, 0) is 23.9 Å². The fourth-order valence-corrected chi connectivity index (χ4v) is 3.14. The molecule has 1 aliphatic rings. The zero-order valence-electron chi connectivity index (χ0n) is 13.8. The number of imidazole rings is 1. The van der Waals surface area contributed by atoms with Crippen LogP contribution >= 0.6 is 0 Å². The first-order valence-corrected chi connectivity index (χ1v) is 8.15. The number of fused-ring (bicyclic) bond motifs is 1. The SMILES string of the molecule is NC(=O)[C@@H](NC[C@@H]1CCc2nc(C(F)(F)F)cn2C1)c1ccc(F)cc1. The normalized spacial score (nSPS) is 18.4. The second-order valence-electron chi connectivity index (χ2n) is 6.39. The molecule has 0 radical (unpaired) electrons. The third-order valence-corrected chi connectivity index (χ3v) is 4.48. The number of nitrogens with two attached hydrogens (primary N) is 1. The van der Waals surface area contributed by atoms with Gasteiger partial charge in [-0.3, -0.25) is 4.79 Å². The van der Waals surface area contributed by atoms with Crippen LogP contribution < -0.4 is 11.1 Å². The second-order valence-corrected chi connectivity index (χ2v) is 6.39. The number of rotatable bonds is 5. The van der Waals surface area contributed by atoms with Crippen molar-refractivity contribution in [2.45, 2.75) is 31.6 Å². The Bertz CT molecular complexity index is 785. The van der Waals surface area contributed by atoms with Crippen LogP contribution in [-0.4, -0.2) is 22.0 Å². The molecule has 5 nitrogen and oxygen atoms in total. The van der Waals surface area contributed by atoms with Gasteiger partial charge in [-0.05, 0) is 30.0 Å². The lowest BCUT2D eigenvalue weighted by Gasteiger charge is -2.26. The lowest BCUT2D eigenvalue weighted by atomic mass is 9.98. The first-order chi connectivity index (χ1) is 12.2. The molecule has 9 heteroatoms. The Morgan fingerprint density at radius 2 is 2.04 bits per heavy atom. The van der Waals surface area contributed by atoms with Gasteiger partial charge >= 0.3 is 6.18 Å². The van der Waals surface area contributed by atoms with E-state index in [2.05, 4.69) is 10.3 Å². The number of nitrogens with zero attached hydrogens (tertiary/aromatic N) is 2. The molecule has 1 aliphatic heterocycles. The molecule has 3 N–H and O–H groups in total. The van der Waals surface area contributed by atoms with Crippen LogP contribution in [0.2, 0.25) is 0 Å². The smallest absolute Gasteiger partial charge is 0.368 e. The first-order valence-electron chi connectivity index (χ1n) is 8.15. The maximum absolute atomic E-state index is 13.0. The molecular weight excluding hydrogens is 352 g/mol.